The molecule has 0 fully saturated rings. The summed E-state index contributed by atoms with van der Waals surface area (Å²) in [5.41, 5.74) is 1.60. The van der Waals surface area contributed by atoms with E-state index >= 15 is 0 Å². The number of nitrogens with zero attached hydrogens (tertiary/aromatic N) is 2. The van der Waals surface area contributed by atoms with Crippen LogP contribution in [0.15, 0.2) is 48.5 Å². The maximum Gasteiger partial charge on any atom is 0.226 e. The molecule has 22 heavy (non-hydrogen) atoms. The molecule has 0 spiro atoms. The molecule has 0 saturated heterocycles. The molecule has 6 heteroatoms. The van der Waals surface area contributed by atoms with Crippen LogP contribution >= 0.6 is 23.2 Å². The highest BCUT2D eigenvalue weighted by Crippen LogP contribution is 2.22. The second kappa shape index (κ2) is 6.38. The highest BCUT2D eigenvalue weighted by molar-refractivity contribution is 6.34. The Balaban J connectivity index is 1.68. The quantitative estimate of drug-likeness (QED) is 0.770. The Labute approximate surface area is 137 Å². The van der Waals surface area contributed by atoms with Gasteiger partial charge in [0.15, 0.2) is 5.15 Å². The maximum atomic E-state index is 12.0. The third-order valence-corrected chi connectivity index (χ3v) is 3.79. The van der Waals surface area contributed by atoms with E-state index in [4.69, 9.17) is 23.2 Å². The molecule has 0 saturated carbocycles. The number of aryl methyl sites for hydroxylation is 1. The largest absolute Gasteiger partial charge is 0.326 e. The summed E-state index contributed by atoms with van der Waals surface area (Å²) in [6, 6.07) is 14.7. The van der Waals surface area contributed by atoms with Crippen LogP contribution in [-0.2, 0) is 11.3 Å². The zero-order valence-electron chi connectivity index (χ0n) is 11.6. The summed E-state index contributed by atoms with van der Waals surface area (Å²) in [6.45, 7) is 0.458. The third kappa shape index (κ3) is 3.24. The van der Waals surface area contributed by atoms with E-state index in [0.717, 1.165) is 10.9 Å². The molecule has 0 unspecified atom stereocenters. The van der Waals surface area contributed by atoms with E-state index in [-0.39, 0.29) is 5.91 Å². The highest BCUT2D eigenvalue weighted by Gasteiger charge is 2.09. The Bertz CT molecular complexity index is 829. The van der Waals surface area contributed by atoms with Crippen LogP contribution in [0, 0.1) is 0 Å². The van der Waals surface area contributed by atoms with Gasteiger partial charge in [-0.25, -0.2) is 0 Å². The second-order valence-electron chi connectivity index (χ2n) is 4.84. The molecule has 0 atom stereocenters. The molecular weight excluding hydrogens is 321 g/mol. The van der Waals surface area contributed by atoms with E-state index in [0.29, 0.717) is 28.8 Å². The van der Waals surface area contributed by atoms with Crippen molar-refractivity contribution in [2.24, 2.45) is 0 Å². The summed E-state index contributed by atoms with van der Waals surface area (Å²) in [5.74, 6) is -0.0991. The van der Waals surface area contributed by atoms with E-state index in [2.05, 4.69) is 10.4 Å². The fraction of sp³-hybridized carbons (Fsp3) is 0.125. The SMILES string of the molecule is O=C(CCn1nc(Cl)c2ccccc21)Nc1cccc(Cl)c1. The summed E-state index contributed by atoms with van der Waals surface area (Å²) >= 11 is 12.0. The van der Waals surface area contributed by atoms with Crippen LogP contribution in [0.25, 0.3) is 10.9 Å². The van der Waals surface area contributed by atoms with E-state index < -0.39 is 0 Å². The van der Waals surface area contributed by atoms with Gasteiger partial charge in [-0.05, 0) is 30.3 Å². The first kappa shape index (κ1) is 14.9. The number of carbonyl (C=O) groups is 1. The van der Waals surface area contributed by atoms with E-state index in [9.17, 15) is 4.79 Å². The fourth-order valence-corrected chi connectivity index (χ4v) is 2.70. The fourth-order valence-electron chi connectivity index (χ4n) is 2.25. The van der Waals surface area contributed by atoms with Crippen LogP contribution in [-0.4, -0.2) is 15.7 Å². The molecule has 1 amide bonds. The lowest BCUT2D eigenvalue weighted by Gasteiger charge is -2.06. The minimum Gasteiger partial charge on any atom is -0.326 e. The lowest BCUT2D eigenvalue weighted by molar-refractivity contribution is -0.116. The average Bonchev–Trinajstić information content (AvgIpc) is 2.82. The molecule has 3 aromatic rings. The molecule has 4 nitrogen and oxygen atoms in total. The first-order valence-corrected chi connectivity index (χ1v) is 7.55. The summed E-state index contributed by atoms with van der Waals surface area (Å²) in [6.07, 6.45) is 0.300. The molecule has 1 heterocycles. The molecule has 0 radical (unpaired) electrons. The minimum atomic E-state index is -0.0991. The molecule has 2 aromatic carbocycles. The zero-order valence-corrected chi connectivity index (χ0v) is 13.1. The standard InChI is InChI=1S/C16H13Cl2N3O/c17-11-4-3-5-12(10-11)19-15(22)8-9-21-14-7-2-1-6-13(14)16(18)20-21/h1-7,10H,8-9H2,(H,19,22). The second-order valence-corrected chi connectivity index (χ2v) is 5.63. The smallest absolute Gasteiger partial charge is 0.226 e. The number of para-hydroxylation sites is 1. The van der Waals surface area contributed by atoms with Gasteiger partial charge in [-0.3, -0.25) is 9.48 Å². The van der Waals surface area contributed by atoms with Crippen molar-refractivity contribution in [3.05, 3.63) is 58.7 Å². The van der Waals surface area contributed by atoms with Gasteiger partial charge in [0.2, 0.25) is 5.91 Å². The predicted octanol–water partition coefficient (Wildman–Crippen LogP) is 4.37. The van der Waals surface area contributed by atoms with Gasteiger partial charge >= 0.3 is 0 Å². The van der Waals surface area contributed by atoms with Crippen molar-refractivity contribution in [2.45, 2.75) is 13.0 Å². The average molecular weight is 334 g/mol. The van der Waals surface area contributed by atoms with Crippen molar-refractivity contribution >= 4 is 45.7 Å². The number of carbonyl (C=O) groups excluding carboxylic acids is 1. The van der Waals surface area contributed by atoms with Crippen molar-refractivity contribution in [3.63, 3.8) is 0 Å². The number of nitrogens with one attached hydrogen (secondary N) is 1. The number of rotatable bonds is 4. The summed E-state index contributed by atoms with van der Waals surface area (Å²) in [5, 5.41) is 9.00. The van der Waals surface area contributed by atoms with Crippen molar-refractivity contribution in [3.8, 4) is 0 Å². The number of aromatic nitrogens is 2. The zero-order chi connectivity index (χ0) is 15.5. The predicted molar refractivity (Wildman–Crippen MR) is 89.4 cm³/mol. The first-order valence-electron chi connectivity index (χ1n) is 6.80. The number of fused-ring (bicyclic) bond motifs is 1. The number of anilines is 1. The topological polar surface area (TPSA) is 46.9 Å². The molecule has 0 bridgehead atoms. The summed E-state index contributed by atoms with van der Waals surface area (Å²) < 4.78 is 1.75. The number of hydrogen-bond donors (Lipinski definition) is 1. The van der Waals surface area contributed by atoms with E-state index in [1.165, 1.54) is 0 Å². The van der Waals surface area contributed by atoms with Gasteiger partial charge < -0.3 is 5.32 Å². The normalized spacial score (nSPS) is 10.8. The molecule has 0 aliphatic heterocycles. The Morgan fingerprint density at radius 3 is 2.77 bits per heavy atom. The number of halogens is 2. The Morgan fingerprint density at radius 2 is 1.95 bits per heavy atom. The summed E-state index contributed by atoms with van der Waals surface area (Å²) in [4.78, 5) is 12.0. The molecule has 112 valence electrons. The van der Waals surface area contributed by atoms with Gasteiger partial charge in [-0.15, -0.1) is 0 Å². The van der Waals surface area contributed by atoms with Gasteiger partial charge in [-0.2, -0.15) is 5.10 Å². The maximum absolute atomic E-state index is 12.0. The number of amides is 1. The van der Waals surface area contributed by atoms with Gasteiger partial charge in [-0.1, -0.05) is 41.4 Å². The third-order valence-electron chi connectivity index (χ3n) is 3.27. The van der Waals surface area contributed by atoms with Crippen molar-refractivity contribution in [1.29, 1.82) is 0 Å². The van der Waals surface area contributed by atoms with Crippen LogP contribution in [0.2, 0.25) is 10.2 Å². The molecule has 0 aliphatic carbocycles. The van der Waals surface area contributed by atoms with Gasteiger partial charge in [0.05, 0.1) is 12.1 Å². The van der Waals surface area contributed by atoms with Crippen LogP contribution in [0.4, 0.5) is 5.69 Å². The summed E-state index contributed by atoms with van der Waals surface area (Å²) in [7, 11) is 0. The lowest BCUT2D eigenvalue weighted by Crippen LogP contribution is -2.15. The Hall–Kier alpha value is -2.04. The van der Waals surface area contributed by atoms with Gasteiger partial charge in [0.1, 0.15) is 0 Å². The number of benzene rings is 2. The van der Waals surface area contributed by atoms with Crippen LogP contribution < -0.4 is 5.32 Å². The minimum absolute atomic E-state index is 0.0991. The van der Waals surface area contributed by atoms with E-state index in [1.807, 2.05) is 24.3 Å². The molecule has 1 aromatic heterocycles. The first-order chi connectivity index (χ1) is 10.6. The van der Waals surface area contributed by atoms with Gasteiger partial charge in [0.25, 0.3) is 0 Å². The lowest BCUT2D eigenvalue weighted by atomic mass is 10.2. The molecule has 1 N–H and O–H groups in total. The molecule has 3 rings (SSSR count). The highest BCUT2D eigenvalue weighted by atomic mass is 35.5. The molecular formula is C16H13Cl2N3O. The van der Waals surface area contributed by atoms with Gasteiger partial charge in [0, 0.05) is 22.5 Å². The van der Waals surface area contributed by atoms with Crippen LogP contribution in [0.3, 0.4) is 0 Å². The Morgan fingerprint density at radius 1 is 1.14 bits per heavy atom. The van der Waals surface area contributed by atoms with Crippen molar-refractivity contribution in [1.82, 2.24) is 9.78 Å². The van der Waals surface area contributed by atoms with Crippen LogP contribution in [0.5, 0.6) is 0 Å². The number of hydrogen-bond acceptors (Lipinski definition) is 2. The van der Waals surface area contributed by atoms with Crippen molar-refractivity contribution in [2.75, 3.05) is 5.32 Å². The molecule has 0 aliphatic rings. The Kier molecular flexibility index (Phi) is 4.32. The van der Waals surface area contributed by atoms with Crippen LogP contribution in [0.1, 0.15) is 6.42 Å². The van der Waals surface area contributed by atoms with Crippen molar-refractivity contribution < 1.29 is 4.79 Å². The van der Waals surface area contributed by atoms with E-state index in [1.54, 1.807) is 28.9 Å². The monoisotopic (exact) mass is 333 g/mol.